The molecular formula is C11H21NO3S. The average molecular weight is 247 g/mol. The lowest BCUT2D eigenvalue weighted by Crippen LogP contribution is -2.43. The Morgan fingerprint density at radius 2 is 2.06 bits per heavy atom. The van der Waals surface area contributed by atoms with Gasteiger partial charge in [0.15, 0.2) is 0 Å². The van der Waals surface area contributed by atoms with Crippen LogP contribution in [0.25, 0.3) is 0 Å². The first-order valence-electron chi connectivity index (χ1n) is 5.91. The Morgan fingerprint density at radius 1 is 1.38 bits per heavy atom. The lowest BCUT2D eigenvalue weighted by atomic mass is 10.00. The first-order valence-corrected chi connectivity index (χ1v) is 7.97. The number of piperidine rings is 1. The van der Waals surface area contributed by atoms with E-state index in [4.69, 9.17) is 0 Å². The quantitative estimate of drug-likeness (QED) is 0.750. The van der Waals surface area contributed by atoms with Crippen molar-refractivity contribution in [2.24, 2.45) is 0 Å². The fourth-order valence-electron chi connectivity index (χ4n) is 2.17. The van der Waals surface area contributed by atoms with Crippen molar-refractivity contribution in [3.05, 3.63) is 0 Å². The Kier molecular flexibility index (Phi) is 4.77. The summed E-state index contributed by atoms with van der Waals surface area (Å²) in [6, 6.07) is 0.320. The number of rotatable bonds is 4. The van der Waals surface area contributed by atoms with E-state index in [0.717, 1.165) is 25.8 Å². The molecule has 1 atom stereocenters. The highest BCUT2D eigenvalue weighted by Gasteiger charge is 2.25. The Balaban J connectivity index is 2.51. The van der Waals surface area contributed by atoms with Gasteiger partial charge in [0.2, 0.25) is 5.91 Å². The van der Waals surface area contributed by atoms with Crippen LogP contribution in [-0.4, -0.2) is 43.8 Å². The van der Waals surface area contributed by atoms with Gasteiger partial charge in [0.1, 0.15) is 9.84 Å². The molecular weight excluding hydrogens is 226 g/mol. The van der Waals surface area contributed by atoms with Gasteiger partial charge < -0.3 is 4.90 Å². The van der Waals surface area contributed by atoms with Crippen LogP contribution in [0.2, 0.25) is 0 Å². The van der Waals surface area contributed by atoms with Crippen LogP contribution in [0.15, 0.2) is 0 Å². The van der Waals surface area contributed by atoms with E-state index in [9.17, 15) is 13.2 Å². The van der Waals surface area contributed by atoms with Gasteiger partial charge in [-0.05, 0) is 25.7 Å². The molecule has 1 saturated heterocycles. The number of amides is 1. The van der Waals surface area contributed by atoms with E-state index in [1.165, 1.54) is 12.7 Å². The highest BCUT2D eigenvalue weighted by molar-refractivity contribution is 7.90. The second-order valence-corrected chi connectivity index (χ2v) is 6.78. The van der Waals surface area contributed by atoms with E-state index >= 15 is 0 Å². The summed E-state index contributed by atoms with van der Waals surface area (Å²) >= 11 is 0. The van der Waals surface area contributed by atoms with Gasteiger partial charge >= 0.3 is 0 Å². The molecule has 0 saturated carbocycles. The fourth-order valence-corrected chi connectivity index (χ4v) is 2.72. The maximum atomic E-state index is 11.9. The standard InChI is InChI=1S/C11H21NO3S/c1-3-10-6-4-5-8-12(10)11(13)7-9-16(2,14)15/h10H,3-9H2,1-2H3. The molecule has 1 heterocycles. The minimum atomic E-state index is -3.03. The predicted octanol–water partition coefficient (Wildman–Crippen LogP) is 1.21. The molecule has 1 unspecified atom stereocenters. The number of hydrogen-bond donors (Lipinski definition) is 0. The van der Waals surface area contributed by atoms with E-state index in [1.54, 1.807) is 0 Å². The van der Waals surface area contributed by atoms with Crippen molar-refractivity contribution < 1.29 is 13.2 Å². The first-order chi connectivity index (χ1) is 7.44. The Hall–Kier alpha value is -0.580. The Bertz CT molecular complexity index is 337. The summed E-state index contributed by atoms with van der Waals surface area (Å²) in [5, 5.41) is 0. The number of hydrogen-bond acceptors (Lipinski definition) is 3. The van der Waals surface area contributed by atoms with Crippen molar-refractivity contribution in [1.29, 1.82) is 0 Å². The summed E-state index contributed by atoms with van der Waals surface area (Å²) in [5.74, 6) is -0.0318. The van der Waals surface area contributed by atoms with E-state index in [-0.39, 0.29) is 18.1 Å². The highest BCUT2D eigenvalue weighted by Crippen LogP contribution is 2.20. The minimum Gasteiger partial charge on any atom is -0.340 e. The molecule has 1 amide bonds. The van der Waals surface area contributed by atoms with Crippen molar-refractivity contribution in [2.75, 3.05) is 18.6 Å². The maximum Gasteiger partial charge on any atom is 0.223 e. The second-order valence-electron chi connectivity index (χ2n) is 4.52. The SMILES string of the molecule is CCC1CCCCN1C(=O)CCS(C)(=O)=O. The highest BCUT2D eigenvalue weighted by atomic mass is 32.2. The molecule has 1 aliphatic heterocycles. The molecule has 1 rings (SSSR count). The zero-order valence-electron chi connectivity index (χ0n) is 10.1. The molecule has 0 radical (unpaired) electrons. The molecule has 16 heavy (non-hydrogen) atoms. The summed E-state index contributed by atoms with van der Waals surface area (Å²) in [7, 11) is -3.03. The lowest BCUT2D eigenvalue weighted by molar-refractivity contribution is -0.134. The third-order valence-electron chi connectivity index (χ3n) is 3.11. The van der Waals surface area contributed by atoms with Crippen molar-refractivity contribution >= 4 is 15.7 Å². The second kappa shape index (κ2) is 5.66. The van der Waals surface area contributed by atoms with Crippen LogP contribution in [-0.2, 0) is 14.6 Å². The Labute approximate surface area is 97.9 Å². The third kappa shape index (κ3) is 4.12. The van der Waals surface area contributed by atoms with Gasteiger partial charge in [-0.1, -0.05) is 6.92 Å². The van der Waals surface area contributed by atoms with Crippen LogP contribution in [0, 0.1) is 0 Å². The molecule has 4 nitrogen and oxygen atoms in total. The van der Waals surface area contributed by atoms with E-state index in [2.05, 4.69) is 6.92 Å². The van der Waals surface area contributed by atoms with Crippen LogP contribution in [0.5, 0.6) is 0 Å². The summed E-state index contributed by atoms with van der Waals surface area (Å²) in [4.78, 5) is 13.7. The maximum absolute atomic E-state index is 11.9. The largest absolute Gasteiger partial charge is 0.340 e. The van der Waals surface area contributed by atoms with Crippen molar-refractivity contribution in [2.45, 2.75) is 45.1 Å². The molecule has 1 aliphatic rings. The molecule has 0 aromatic carbocycles. The van der Waals surface area contributed by atoms with Gasteiger partial charge in [-0.3, -0.25) is 4.79 Å². The number of nitrogens with zero attached hydrogens (tertiary/aromatic N) is 1. The number of carbonyl (C=O) groups is 1. The van der Waals surface area contributed by atoms with Crippen molar-refractivity contribution in [3.8, 4) is 0 Å². The first kappa shape index (κ1) is 13.5. The molecule has 0 aliphatic carbocycles. The molecule has 0 aromatic rings. The zero-order valence-corrected chi connectivity index (χ0v) is 10.9. The van der Waals surface area contributed by atoms with Crippen LogP contribution in [0.4, 0.5) is 0 Å². The van der Waals surface area contributed by atoms with Gasteiger partial charge in [0, 0.05) is 25.3 Å². The normalized spacial score (nSPS) is 22.1. The summed E-state index contributed by atoms with van der Waals surface area (Å²) in [5.41, 5.74) is 0. The predicted molar refractivity (Wildman–Crippen MR) is 64.0 cm³/mol. The minimum absolute atomic E-state index is 0.00280. The van der Waals surface area contributed by atoms with Gasteiger partial charge in [0.25, 0.3) is 0 Å². The summed E-state index contributed by atoms with van der Waals surface area (Å²) < 4.78 is 22.0. The molecule has 94 valence electrons. The van der Waals surface area contributed by atoms with Gasteiger partial charge in [-0.2, -0.15) is 0 Å². The van der Waals surface area contributed by atoms with Gasteiger partial charge in [-0.25, -0.2) is 8.42 Å². The van der Waals surface area contributed by atoms with E-state index in [1.807, 2.05) is 4.90 Å². The molecule has 0 bridgehead atoms. The van der Waals surface area contributed by atoms with Gasteiger partial charge in [0.05, 0.1) is 5.75 Å². The van der Waals surface area contributed by atoms with Crippen LogP contribution < -0.4 is 0 Å². The lowest BCUT2D eigenvalue weighted by Gasteiger charge is -2.35. The smallest absolute Gasteiger partial charge is 0.223 e. The fraction of sp³-hybridized carbons (Fsp3) is 0.909. The van der Waals surface area contributed by atoms with E-state index < -0.39 is 9.84 Å². The van der Waals surface area contributed by atoms with Gasteiger partial charge in [-0.15, -0.1) is 0 Å². The monoisotopic (exact) mass is 247 g/mol. The average Bonchev–Trinajstić information content (AvgIpc) is 2.25. The van der Waals surface area contributed by atoms with Crippen molar-refractivity contribution in [1.82, 2.24) is 4.90 Å². The third-order valence-corrected chi connectivity index (χ3v) is 4.05. The summed E-state index contributed by atoms with van der Waals surface area (Å²) in [6.07, 6.45) is 5.55. The van der Waals surface area contributed by atoms with E-state index in [0.29, 0.717) is 6.04 Å². The Morgan fingerprint density at radius 3 is 2.62 bits per heavy atom. The molecule has 0 aromatic heterocycles. The molecule has 0 spiro atoms. The number of likely N-dealkylation sites (tertiary alicyclic amines) is 1. The van der Waals surface area contributed by atoms with Crippen LogP contribution >= 0.6 is 0 Å². The summed E-state index contributed by atoms with van der Waals surface area (Å²) in [6.45, 7) is 2.87. The molecule has 0 N–H and O–H groups in total. The van der Waals surface area contributed by atoms with Crippen LogP contribution in [0.3, 0.4) is 0 Å². The van der Waals surface area contributed by atoms with Crippen LogP contribution in [0.1, 0.15) is 39.0 Å². The number of sulfone groups is 1. The number of carbonyl (C=O) groups excluding carboxylic acids is 1. The topological polar surface area (TPSA) is 54.5 Å². The molecule has 5 heteroatoms. The molecule has 1 fully saturated rings. The van der Waals surface area contributed by atoms with Crippen molar-refractivity contribution in [3.63, 3.8) is 0 Å². The zero-order chi connectivity index (χ0) is 12.2.